The standard InChI is InChI=1S/C6H8N2O2/c1-2-3-4-10-6(9)5-8-7/h2-3,5H,4H2,1H3/p+1/b3-2-,6-5+. The number of allylic oxidation sites excluding steroid dienone is 1. The van der Waals surface area contributed by atoms with Gasteiger partial charge in [-0.2, -0.15) is 0 Å². The Kier molecular flexibility index (Phi) is 4.79. The lowest BCUT2D eigenvalue weighted by molar-refractivity contribution is 0.112. The van der Waals surface area contributed by atoms with Crippen molar-refractivity contribution in [3.05, 3.63) is 29.3 Å². The fourth-order valence-corrected chi connectivity index (χ4v) is 0.316. The second-order valence-corrected chi connectivity index (χ2v) is 1.46. The molecule has 0 spiro atoms. The van der Waals surface area contributed by atoms with Crippen LogP contribution in [-0.2, 0) is 4.74 Å². The van der Waals surface area contributed by atoms with Crippen LogP contribution in [0.1, 0.15) is 6.92 Å². The molecule has 4 nitrogen and oxygen atoms in total. The Morgan fingerprint density at radius 1 is 1.80 bits per heavy atom. The smallest absolute Gasteiger partial charge is 0.429 e. The SMILES string of the molecule is C/C=C\CO/C(O)=C/[N+]#N. The van der Waals surface area contributed by atoms with E-state index in [1.54, 1.807) is 12.2 Å². The Labute approximate surface area is 59.1 Å². The highest BCUT2D eigenvalue weighted by Crippen LogP contribution is 1.91. The topological polar surface area (TPSA) is 57.6 Å². The lowest BCUT2D eigenvalue weighted by Gasteiger charge is -1.93. The van der Waals surface area contributed by atoms with Crippen LogP contribution < -0.4 is 0 Å². The van der Waals surface area contributed by atoms with E-state index in [2.05, 4.69) is 9.71 Å². The normalized spacial score (nSPS) is 11.4. The largest absolute Gasteiger partial charge is 0.476 e. The van der Waals surface area contributed by atoms with Crippen molar-refractivity contribution in [1.82, 2.24) is 0 Å². The number of nitrogens with zero attached hydrogens (tertiary/aromatic N) is 2. The maximum absolute atomic E-state index is 8.63. The average molecular weight is 141 g/mol. The third-order valence-electron chi connectivity index (χ3n) is 0.731. The average Bonchev–Trinajstić information content (AvgIpc) is 1.89. The van der Waals surface area contributed by atoms with Crippen molar-refractivity contribution in [2.45, 2.75) is 6.92 Å². The first-order chi connectivity index (χ1) is 4.81. The predicted molar refractivity (Wildman–Crippen MR) is 36.6 cm³/mol. The molecule has 0 fully saturated rings. The van der Waals surface area contributed by atoms with Crippen LogP contribution in [0.2, 0.25) is 0 Å². The second-order valence-electron chi connectivity index (χ2n) is 1.46. The zero-order chi connectivity index (χ0) is 7.82. The molecule has 0 aromatic heterocycles. The summed E-state index contributed by atoms with van der Waals surface area (Å²) in [6.07, 6.45) is 4.30. The fraction of sp³-hybridized carbons (Fsp3) is 0.333. The molecule has 0 unspecified atom stereocenters. The summed E-state index contributed by atoms with van der Waals surface area (Å²) in [5.74, 6) is -0.402. The molecule has 0 aliphatic heterocycles. The number of aliphatic hydroxyl groups excluding tert-OH is 1. The van der Waals surface area contributed by atoms with Crippen LogP contribution in [-0.4, -0.2) is 11.7 Å². The molecule has 0 aliphatic carbocycles. The van der Waals surface area contributed by atoms with E-state index in [4.69, 9.17) is 10.5 Å². The molecule has 54 valence electrons. The first-order valence-corrected chi connectivity index (χ1v) is 2.78. The van der Waals surface area contributed by atoms with E-state index in [9.17, 15) is 0 Å². The number of hydrogen-bond donors (Lipinski definition) is 1. The molecule has 0 atom stereocenters. The summed E-state index contributed by atoms with van der Waals surface area (Å²) in [6.45, 7) is 2.11. The summed E-state index contributed by atoms with van der Waals surface area (Å²) >= 11 is 0. The Balaban J connectivity index is 3.51. The van der Waals surface area contributed by atoms with Gasteiger partial charge in [0.25, 0.3) is 0 Å². The zero-order valence-electron chi connectivity index (χ0n) is 5.69. The molecule has 0 rings (SSSR count). The van der Waals surface area contributed by atoms with Crippen molar-refractivity contribution >= 4 is 0 Å². The lowest BCUT2D eigenvalue weighted by atomic mass is 10.6. The minimum atomic E-state index is -0.402. The maximum atomic E-state index is 8.63. The van der Waals surface area contributed by atoms with Gasteiger partial charge in [-0.05, 0) is 6.92 Å². The second kappa shape index (κ2) is 5.63. The van der Waals surface area contributed by atoms with E-state index >= 15 is 0 Å². The van der Waals surface area contributed by atoms with Crippen molar-refractivity contribution in [3.8, 4) is 0 Å². The van der Waals surface area contributed by atoms with Crippen LogP contribution in [0.5, 0.6) is 0 Å². The molecule has 0 aromatic rings. The van der Waals surface area contributed by atoms with Crippen LogP contribution in [0, 0.1) is 5.39 Å². The molecule has 0 amide bonds. The molecular weight excluding hydrogens is 132 g/mol. The molecule has 0 aromatic carbocycles. The Morgan fingerprint density at radius 2 is 2.50 bits per heavy atom. The van der Waals surface area contributed by atoms with Gasteiger partial charge in [0, 0.05) is 0 Å². The van der Waals surface area contributed by atoms with Crippen molar-refractivity contribution in [3.63, 3.8) is 0 Å². The quantitative estimate of drug-likeness (QED) is 0.370. The van der Waals surface area contributed by atoms with Gasteiger partial charge in [0.15, 0.2) is 4.98 Å². The van der Waals surface area contributed by atoms with Gasteiger partial charge in [0.2, 0.25) is 5.39 Å². The molecule has 0 bridgehead atoms. The fourth-order valence-electron chi connectivity index (χ4n) is 0.316. The van der Waals surface area contributed by atoms with Crippen molar-refractivity contribution in [1.29, 1.82) is 5.39 Å². The monoisotopic (exact) mass is 141 g/mol. The molecule has 0 radical (unpaired) electrons. The Morgan fingerprint density at radius 3 is 3.00 bits per heavy atom. The maximum Gasteiger partial charge on any atom is 0.429 e. The summed E-state index contributed by atoms with van der Waals surface area (Å²) < 4.78 is 4.60. The number of hydrogen-bond acceptors (Lipinski definition) is 3. The number of aliphatic hydroxyl groups is 1. The lowest BCUT2D eigenvalue weighted by Crippen LogP contribution is -1.89. The van der Waals surface area contributed by atoms with Gasteiger partial charge in [0.05, 0.1) is 0 Å². The molecular formula is C6H9N2O2+. The number of rotatable bonds is 3. The van der Waals surface area contributed by atoms with Gasteiger partial charge in [-0.3, -0.25) is 0 Å². The predicted octanol–water partition coefficient (Wildman–Crippen LogP) is 1.79. The molecule has 0 aliphatic rings. The van der Waals surface area contributed by atoms with Gasteiger partial charge >= 0.3 is 12.1 Å². The van der Waals surface area contributed by atoms with Crippen molar-refractivity contribution in [2.75, 3.05) is 6.61 Å². The molecule has 0 saturated heterocycles. The molecule has 4 heteroatoms. The van der Waals surface area contributed by atoms with E-state index in [0.717, 1.165) is 6.20 Å². The molecule has 10 heavy (non-hydrogen) atoms. The van der Waals surface area contributed by atoms with Crippen LogP contribution in [0.15, 0.2) is 24.3 Å². The van der Waals surface area contributed by atoms with Gasteiger partial charge in [-0.15, -0.1) is 0 Å². The highest BCUT2D eigenvalue weighted by molar-refractivity contribution is 4.89. The van der Waals surface area contributed by atoms with E-state index < -0.39 is 5.95 Å². The molecule has 0 saturated carbocycles. The molecule has 1 N–H and O–H groups in total. The highest BCUT2D eigenvalue weighted by atomic mass is 16.6. The van der Waals surface area contributed by atoms with Crippen LogP contribution >= 0.6 is 0 Å². The Hall–Kier alpha value is -1.50. The van der Waals surface area contributed by atoms with Crippen molar-refractivity contribution < 1.29 is 9.84 Å². The first-order valence-electron chi connectivity index (χ1n) is 2.78. The summed E-state index contributed by atoms with van der Waals surface area (Å²) in [4.78, 5) is 2.55. The van der Waals surface area contributed by atoms with Crippen LogP contribution in [0.3, 0.4) is 0 Å². The van der Waals surface area contributed by atoms with E-state index in [1.807, 2.05) is 6.92 Å². The van der Waals surface area contributed by atoms with Crippen molar-refractivity contribution in [2.24, 2.45) is 0 Å². The summed E-state index contributed by atoms with van der Waals surface area (Å²) in [7, 11) is 0. The van der Waals surface area contributed by atoms with Crippen LogP contribution in [0.4, 0.5) is 0 Å². The van der Waals surface area contributed by atoms with Gasteiger partial charge in [0.1, 0.15) is 6.61 Å². The summed E-state index contributed by atoms with van der Waals surface area (Å²) in [6, 6.07) is 0. The minimum Gasteiger partial charge on any atom is -0.476 e. The minimum absolute atomic E-state index is 0.272. The zero-order valence-corrected chi connectivity index (χ0v) is 5.69. The number of diazo groups is 1. The number of ether oxygens (including phenoxy) is 1. The van der Waals surface area contributed by atoms with Gasteiger partial charge in [-0.1, -0.05) is 12.2 Å². The van der Waals surface area contributed by atoms with E-state index in [1.165, 1.54) is 0 Å². The third kappa shape index (κ3) is 4.65. The van der Waals surface area contributed by atoms with E-state index in [-0.39, 0.29) is 6.61 Å². The first kappa shape index (κ1) is 8.50. The Bertz CT molecular complexity index is 179. The van der Waals surface area contributed by atoms with E-state index in [0.29, 0.717) is 0 Å². The molecule has 0 heterocycles. The third-order valence-corrected chi connectivity index (χ3v) is 0.731. The van der Waals surface area contributed by atoms with Gasteiger partial charge in [-0.25, -0.2) is 0 Å². The van der Waals surface area contributed by atoms with Gasteiger partial charge < -0.3 is 9.84 Å². The highest BCUT2D eigenvalue weighted by Gasteiger charge is 1.96. The summed E-state index contributed by atoms with van der Waals surface area (Å²) in [5, 5.41) is 16.5. The van der Waals surface area contributed by atoms with Crippen LogP contribution in [0.25, 0.3) is 4.98 Å². The summed E-state index contributed by atoms with van der Waals surface area (Å²) in [5.41, 5.74) is 0.